The van der Waals surface area contributed by atoms with E-state index < -0.39 is 0 Å². The van der Waals surface area contributed by atoms with Crippen LogP contribution in [0, 0.1) is 0 Å². The highest BCUT2D eigenvalue weighted by molar-refractivity contribution is 6.18. The lowest BCUT2D eigenvalue weighted by Crippen LogP contribution is -2.28. The molecule has 0 fully saturated rings. The number of hydrogen-bond donors (Lipinski definition) is 0. The van der Waals surface area contributed by atoms with Crippen LogP contribution in [-0.4, -0.2) is 45.0 Å². The van der Waals surface area contributed by atoms with Crippen molar-refractivity contribution in [2.75, 3.05) is 44.0 Å². The summed E-state index contributed by atoms with van der Waals surface area (Å²) in [6.07, 6.45) is 0. The summed E-state index contributed by atoms with van der Waals surface area (Å²) in [5, 5.41) is 0. The monoisotopic (exact) mass is 305 g/mol. The number of anilines is 1. The molecular formula is C13H17Cl2NO3. The molecule has 0 aromatic heterocycles. The Hall–Kier alpha value is -1.13. The van der Waals surface area contributed by atoms with Gasteiger partial charge in [-0.15, -0.1) is 23.2 Å². The Morgan fingerprint density at radius 1 is 1.21 bits per heavy atom. The minimum absolute atomic E-state index is 0.388. The lowest BCUT2D eigenvalue weighted by atomic mass is 10.1. The quantitative estimate of drug-likeness (QED) is 0.573. The number of ether oxygens (including phenoxy) is 2. The molecule has 0 bridgehead atoms. The number of hydrogen-bond acceptors (Lipinski definition) is 4. The fraction of sp³-hybridized carbons (Fsp3) is 0.462. The molecule has 1 aromatic carbocycles. The van der Waals surface area contributed by atoms with E-state index in [1.165, 1.54) is 7.11 Å². The zero-order valence-electron chi connectivity index (χ0n) is 11.0. The molecule has 0 radical (unpaired) electrons. The van der Waals surface area contributed by atoms with Crippen LogP contribution in [0.4, 0.5) is 5.69 Å². The van der Waals surface area contributed by atoms with Gasteiger partial charge in [-0.25, -0.2) is 4.79 Å². The summed E-state index contributed by atoms with van der Waals surface area (Å²) >= 11 is 11.6. The molecule has 0 aliphatic heterocycles. The first-order chi connectivity index (χ1) is 9.17. The number of rotatable bonds is 7. The van der Waals surface area contributed by atoms with Gasteiger partial charge in [0.25, 0.3) is 0 Å². The Labute approximate surface area is 123 Å². The molecule has 1 aromatic rings. The van der Waals surface area contributed by atoms with Gasteiger partial charge < -0.3 is 14.4 Å². The Kier molecular flexibility index (Phi) is 6.81. The maximum Gasteiger partial charge on any atom is 0.337 e. The number of alkyl halides is 2. The largest absolute Gasteiger partial charge is 0.495 e. The van der Waals surface area contributed by atoms with E-state index in [9.17, 15) is 4.79 Å². The van der Waals surface area contributed by atoms with Gasteiger partial charge in [0.2, 0.25) is 0 Å². The molecular weight excluding hydrogens is 289 g/mol. The number of nitrogens with zero attached hydrogens (tertiary/aromatic N) is 1. The lowest BCUT2D eigenvalue weighted by molar-refractivity contribution is 0.0600. The minimum Gasteiger partial charge on any atom is -0.495 e. The van der Waals surface area contributed by atoms with Crippen LogP contribution in [0.2, 0.25) is 0 Å². The summed E-state index contributed by atoms with van der Waals surface area (Å²) in [6.45, 7) is 1.24. The molecule has 0 aliphatic carbocycles. The van der Waals surface area contributed by atoms with E-state index in [0.717, 1.165) is 5.69 Å². The first-order valence-electron chi connectivity index (χ1n) is 5.81. The number of carbonyl (C=O) groups excluding carboxylic acids is 1. The molecule has 19 heavy (non-hydrogen) atoms. The fourth-order valence-electron chi connectivity index (χ4n) is 1.74. The molecule has 0 amide bonds. The zero-order chi connectivity index (χ0) is 14.3. The van der Waals surface area contributed by atoms with Crippen molar-refractivity contribution in [3.8, 4) is 5.75 Å². The summed E-state index contributed by atoms with van der Waals surface area (Å²) in [5.41, 5.74) is 1.25. The number of methoxy groups -OCH3 is 2. The van der Waals surface area contributed by atoms with Crippen molar-refractivity contribution in [3.05, 3.63) is 23.8 Å². The number of carbonyl (C=O) groups is 1. The van der Waals surface area contributed by atoms with Gasteiger partial charge in [-0.05, 0) is 18.2 Å². The highest BCUT2D eigenvalue weighted by Crippen LogP contribution is 2.29. The van der Waals surface area contributed by atoms with Gasteiger partial charge in [0, 0.05) is 24.8 Å². The van der Waals surface area contributed by atoms with Crippen LogP contribution in [0.15, 0.2) is 18.2 Å². The van der Waals surface area contributed by atoms with Crippen molar-refractivity contribution in [3.63, 3.8) is 0 Å². The van der Waals surface area contributed by atoms with E-state index in [2.05, 4.69) is 0 Å². The van der Waals surface area contributed by atoms with Crippen LogP contribution in [0.25, 0.3) is 0 Å². The number of esters is 1. The number of benzene rings is 1. The molecule has 0 aliphatic rings. The fourth-order valence-corrected chi connectivity index (χ4v) is 2.15. The van der Waals surface area contributed by atoms with Gasteiger partial charge in [0.1, 0.15) is 5.75 Å². The zero-order valence-corrected chi connectivity index (χ0v) is 12.5. The van der Waals surface area contributed by atoms with Gasteiger partial charge in [0.05, 0.1) is 25.5 Å². The molecule has 6 heteroatoms. The highest BCUT2D eigenvalue weighted by Gasteiger charge is 2.15. The SMILES string of the molecule is COC(=O)c1ccc(OC)c(N(CCCl)CCCl)c1. The van der Waals surface area contributed by atoms with Crippen LogP contribution in [0.3, 0.4) is 0 Å². The lowest BCUT2D eigenvalue weighted by Gasteiger charge is -2.25. The van der Waals surface area contributed by atoms with Crippen molar-refractivity contribution in [2.24, 2.45) is 0 Å². The highest BCUT2D eigenvalue weighted by atomic mass is 35.5. The summed E-state index contributed by atoms with van der Waals surface area (Å²) in [7, 11) is 2.93. The summed E-state index contributed by atoms with van der Waals surface area (Å²) in [6, 6.07) is 5.12. The maximum atomic E-state index is 11.6. The van der Waals surface area contributed by atoms with Gasteiger partial charge in [-0.2, -0.15) is 0 Å². The van der Waals surface area contributed by atoms with Gasteiger partial charge >= 0.3 is 5.97 Å². The molecule has 0 saturated carbocycles. The predicted octanol–water partition coefficient (Wildman–Crippen LogP) is 2.77. The first-order valence-corrected chi connectivity index (χ1v) is 6.88. The predicted molar refractivity (Wildman–Crippen MR) is 78.0 cm³/mol. The molecule has 106 valence electrons. The maximum absolute atomic E-state index is 11.6. The Morgan fingerprint density at radius 2 is 1.84 bits per heavy atom. The topological polar surface area (TPSA) is 38.8 Å². The van der Waals surface area contributed by atoms with Gasteiger partial charge in [-0.1, -0.05) is 0 Å². The molecule has 0 atom stereocenters. The second kappa shape index (κ2) is 8.12. The second-order valence-corrected chi connectivity index (χ2v) is 4.50. The smallest absolute Gasteiger partial charge is 0.337 e. The molecule has 1 rings (SSSR count). The van der Waals surface area contributed by atoms with Crippen molar-refractivity contribution < 1.29 is 14.3 Å². The Bertz CT molecular complexity index is 420. The molecule has 0 N–H and O–H groups in total. The Morgan fingerprint density at radius 3 is 2.32 bits per heavy atom. The standard InChI is InChI=1S/C13H17Cl2NO3/c1-18-12-4-3-10(13(17)19-2)9-11(12)16(7-5-14)8-6-15/h3-4,9H,5-8H2,1-2H3. The van der Waals surface area contributed by atoms with E-state index >= 15 is 0 Å². The molecule has 0 spiro atoms. The second-order valence-electron chi connectivity index (χ2n) is 3.74. The molecule has 0 saturated heterocycles. The van der Waals surface area contributed by atoms with Crippen molar-refractivity contribution in [1.82, 2.24) is 0 Å². The van der Waals surface area contributed by atoms with Crippen LogP contribution < -0.4 is 9.64 Å². The van der Waals surface area contributed by atoms with Crippen LogP contribution in [0.1, 0.15) is 10.4 Å². The minimum atomic E-state index is -0.388. The molecule has 0 heterocycles. The molecule has 4 nitrogen and oxygen atoms in total. The summed E-state index contributed by atoms with van der Waals surface area (Å²) in [4.78, 5) is 13.5. The average molecular weight is 306 g/mol. The average Bonchev–Trinajstić information content (AvgIpc) is 2.45. The third-order valence-corrected chi connectivity index (χ3v) is 2.99. The molecule has 0 unspecified atom stereocenters. The van der Waals surface area contributed by atoms with E-state index in [1.54, 1.807) is 25.3 Å². The van der Waals surface area contributed by atoms with Crippen LogP contribution in [0.5, 0.6) is 5.75 Å². The first kappa shape index (κ1) is 15.9. The Balaban J connectivity index is 3.15. The van der Waals surface area contributed by atoms with E-state index in [1.807, 2.05) is 4.90 Å². The van der Waals surface area contributed by atoms with Crippen LogP contribution in [-0.2, 0) is 4.74 Å². The van der Waals surface area contributed by atoms with E-state index in [-0.39, 0.29) is 5.97 Å². The van der Waals surface area contributed by atoms with Gasteiger partial charge in [-0.3, -0.25) is 0 Å². The third-order valence-electron chi connectivity index (χ3n) is 2.65. The van der Waals surface area contributed by atoms with Crippen LogP contribution >= 0.6 is 23.2 Å². The summed E-state index contributed by atoms with van der Waals surface area (Å²) < 4.78 is 10.0. The number of halogens is 2. The van der Waals surface area contributed by atoms with E-state index in [4.69, 9.17) is 32.7 Å². The van der Waals surface area contributed by atoms with Gasteiger partial charge in [0.15, 0.2) is 0 Å². The normalized spacial score (nSPS) is 10.1. The van der Waals surface area contributed by atoms with Crippen molar-refractivity contribution in [2.45, 2.75) is 0 Å². The third kappa shape index (κ3) is 4.18. The van der Waals surface area contributed by atoms with Crippen molar-refractivity contribution >= 4 is 34.9 Å². The summed E-state index contributed by atoms with van der Waals surface area (Å²) in [5.74, 6) is 1.20. The van der Waals surface area contributed by atoms with E-state index in [0.29, 0.717) is 36.2 Å². The van der Waals surface area contributed by atoms with Crippen molar-refractivity contribution in [1.29, 1.82) is 0 Å².